The van der Waals surface area contributed by atoms with Gasteiger partial charge in [0, 0.05) is 19.8 Å². The summed E-state index contributed by atoms with van der Waals surface area (Å²) in [6.45, 7) is 10.3. The number of carbonyl (C=O) groups excluding carboxylic acids is 1. The average Bonchev–Trinajstić information content (AvgIpc) is 2.38. The van der Waals surface area contributed by atoms with Crippen molar-refractivity contribution in [3.63, 3.8) is 0 Å². The van der Waals surface area contributed by atoms with Crippen molar-refractivity contribution in [2.75, 3.05) is 18.9 Å². The first-order valence-electron chi connectivity index (χ1n) is 7.41. The van der Waals surface area contributed by atoms with Crippen molar-refractivity contribution in [2.45, 2.75) is 46.3 Å². The maximum atomic E-state index is 12.2. The Hall–Kier alpha value is -1.49. The fraction of sp³-hybridized carbons (Fsp3) is 0.625. The topological polar surface area (TPSA) is 54.5 Å². The highest BCUT2D eigenvalue weighted by atomic mass is 35.5. The monoisotopic (exact) mass is 327 g/mol. The highest BCUT2D eigenvalue weighted by Gasteiger charge is 2.27. The van der Waals surface area contributed by atoms with E-state index in [4.69, 9.17) is 16.3 Å². The highest BCUT2D eigenvalue weighted by molar-refractivity contribution is 6.30. The molecule has 5 nitrogen and oxygen atoms in total. The number of nitrogens with zero attached hydrogens (tertiary/aromatic N) is 2. The zero-order chi connectivity index (χ0) is 16.9. The lowest BCUT2D eigenvalue weighted by atomic mass is 10.0. The summed E-state index contributed by atoms with van der Waals surface area (Å²) < 4.78 is 5.42. The predicted octanol–water partition coefficient (Wildman–Crippen LogP) is 4.04. The second-order valence-electron chi connectivity index (χ2n) is 6.65. The fourth-order valence-corrected chi connectivity index (χ4v) is 2.09. The normalized spacial score (nSPS) is 12.9. The highest BCUT2D eigenvalue weighted by Crippen LogP contribution is 2.16. The minimum absolute atomic E-state index is 0.00710. The molecule has 22 heavy (non-hydrogen) atoms. The van der Waals surface area contributed by atoms with Crippen molar-refractivity contribution in [3.8, 4) is 0 Å². The van der Waals surface area contributed by atoms with Crippen LogP contribution in [0.4, 0.5) is 10.6 Å². The molecule has 0 saturated carbocycles. The van der Waals surface area contributed by atoms with Crippen molar-refractivity contribution < 1.29 is 9.53 Å². The second kappa shape index (κ2) is 7.68. The number of likely N-dealkylation sites (N-methyl/N-ethyl adjacent to an activating group) is 1. The van der Waals surface area contributed by atoms with Gasteiger partial charge in [-0.15, -0.1) is 0 Å². The standard InChI is InChI=1S/C16H26ClN3O2/c1-11(2)13(20(6)15(21)22-16(3,4)5)10-19-14-8-7-12(17)9-18-14/h7-9,11,13H,10H2,1-6H3,(H,18,19)/t13-/m1/s1. The summed E-state index contributed by atoms with van der Waals surface area (Å²) in [6.07, 6.45) is 1.27. The zero-order valence-electron chi connectivity index (χ0n) is 14.2. The first-order valence-corrected chi connectivity index (χ1v) is 7.79. The maximum Gasteiger partial charge on any atom is 0.410 e. The van der Waals surface area contributed by atoms with E-state index in [0.717, 1.165) is 5.82 Å². The molecule has 0 unspecified atom stereocenters. The van der Waals surface area contributed by atoms with Gasteiger partial charge in [-0.1, -0.05) is 25.4 Å². The zero-order valence-corrected chi connectivity index (χ0v) is 14.9. The van der Waals surface area contributed by atoms with Crippen LogP contribution in [-0.4, -0.2) is 41.2 Å². The number of anilines is 1. The largest absolute Gasteiger partial charge is 0.444 e. The van der Waals surface area contributed by atoms with Crippen LogP contribution in [0.3, 0.4) is 0 Å². The summed E-state index contributed by atoms with van der Waals surface area (Å²) in [5.41, 5.74) is -0.502. The van der Waals surface area contributed by atoms with Gasteiger partial charge in [0.1, 0.15) is 11.4 Å². The van der Waals surface area contributed by atoms with E-state index >= 15 is 0 Å². The number of nitrogens with one attached hydrogen (secondary N) is 1. The van der Waals surface area contributed by atoms with Crippen molar-refractivity contribution in [1.82, 2.24) is 9.88 Å². The molecule has 1 aromatic heterocycles. The molecule has 0 aliphatic carbocycles. The van der Waals surface area contributed by atoms with Crippen LogP contribution in [0.5, 0.6) is 0 Å². The molecule has 0 spiro atoms. The summed E-state index contributed by atoms with van der Waals surface area (Å²) in [6, 6.07) is 3.58. The van der Waals surface area contributed by atoms with Crippen molar-refractivity contribution >= 4 is 23.5 Å². The van der Waals surface area contributed by atoms with Crippen molar-refractivity contribution in [1.29, 1.82) is 0 Å². The second-order valence-corrected chi connectivity index (χ2v) is 7.08. The lowest BCUT2D eigenvalue weighted by Gasteiger charge is -2.33. The lowest BCUT2D eigenvalue weighted by molar-refractivity contribution is 0.0192. The molecule has 0 aliphatic rings. The van der Waals surface area contributed by atoms with Crippen LogP contribution in [0.15, 0.2) is 18.3 Å². The van der Waals surface area contributed by atoms with Crippen LogP contribution in [0, 0.1) is 5.92 Å². The molecular weight excluding hydrogens is 302 g/mol. The summed E-state index contributed by atoms with van der Waals surface area (Å²) in [4.78, 5) is 18.0. The van der Waals surface area contributed by atoms with Gasteiger partial charge in [0.05, 0.1) is 11.1 Å². The third kappa shape index (κ3) is 6.10. The van der Waals surface area contributed by atoms with E-state index in [1.807, 2.05) is 26.8 Å². The number of hydrogen-bond donors (Lipinski definition) is 1. The molecule has 1 N–H and O–H groups in total. The molecule has 0 radical (unpaired) electrons. The number of ether oxygens (including phenoxy) is 1. The van der Waals surface area contributed by atoms with Gasteiger partial charge in [-0.25, -0.2) is 9.78 Å². The van der Waals surface area contributed by atoms with E-state index in [0.29, 0.717) is 11.6 Å². The Morgan fingerprint density at radius 3 is 2.50 bits per heavy atom. The molecule has 0 bridgehead atoms. The van der Waals surface area contributed by atoms with Gasteiger partial charge in [-0.2, -0.15) is 0 Å². The number of carbonyl (C=O) groups is 1. The number of halogens is 1. The predicted molar refractivity (Wildman–Crippen MR) is 90.4 cm³/mol. The minimum Gasteiger partial charge on any atom is -0.444 e. The Balaban J connectivity index is 2.68. The lowest BCUT2D eigenvalue weighted by Crippen LogP contribution is -2.46. The van der Waals surface area contributed by atoms with E-state index in [1.54, 1.807) is 24.2 Å². The molecule has 0 aliphatic heterocycles. The molecule has 0 saturated heterocycles. The first kappa shape index (κ1) is 18.6. The average molecular weight is 328 g/mol. The number of pyridine rings is 1. The van der Waals surface area contributed by atoms with E-state index in [9.17, 15) is 4.79 Å². The van der Waals surface area contributed by atoms with Crippen LogP contribution in [-0.2, 0) is 4.74 Å². The first-order chi connectivity index (χ1) is 10.1. The summed E-state index contributed by atoms with van der Waals surface area (Å²) in [5.74, 6) is 1.00. The van der Waals surface area contributed by atoms with Gasteiger partial charge < -0.3 is 15.0 Å². The molecule has 1 atom stereocenters. The molecule has 1 amide bonds. The number of aromatic nitrogens is 1. The van der Waals surface area contributed by atoms with Gasteiger partial charge in [0.2, 0.25) is 0 Å². The SMILES string of the molecule is CC(C)[C@@H](CNc1ccc(Cl)cn1)N(C)C(=O)OC(C)(C)C. The van der Waals surface area contributed by atoms with Crippen molar-refractivity contribution in [3.05, 3.63) is 23.4 Å². The Labute approximate surface area is 138 Å². The molecule has 1 aromatic rings. The van der Waals surface area contributed by atoms with E-state index in [1.165, 1.54) is 0 Å². The molecule has 1 heterocycles. The summed E-state index contributed by atoms with van der Waals surface area (Å²) in [5, 5.41) is 3.83. The third-order valence-electron chi connectivity index (χ3n) is 3.17. The molecule has 0 aromatic carbocycles. The maximum absolute atomic E-state index is 12.2. The Morgan fingerprint density at radius 1 is 1.41 bits per heavy atom. The third-order valence-corrected chi connectivity index (χ3v) is 3.39. The summed E-state index contributed by atoms with van der Waals surface area (Å²) >= 11 is 5.82. The summed E-state index contributed by atoms with van der Waals surface area (Å²) in [7, 11) is 1.76. The van der Waals surface area contributed by atoms with Crippen LogP contribution < -0.4 is 5.32 Å². The molecule has 1 rings (SSSR count). The van der Waals surface area contributed by atoms with E-state index < -0.39 is 5.60 Å². The Kier molecular flexibility index (Phi) is 6.48. The van der Waals surface area contributed by atoms with Crippen molar-refractivity contribution in [2.24, 2.45) is 5.92 Å². The number of amides is 1. The van der Waals surface area contributed by atoms with E-state index in [-0.39, 0.29) is 18.1 Å². The molecule has 124 valence electrons. The van der Waals surface area contributed by atoms with Crippen LogP contribution in [0.25, 0.3) is 0 Å². The molecule has 0 fully saturated rings. The van der Waals surface area contributed by atoms with Gasteiger partial charge in [-0.05, 0) is 38.8 Å². The molecular formula is C16H26ClN3O2. The fourth-order valence-electron chi connectivity index (χ4n) is 1.98. The van der Waals surface area contributed by atoms with Gasteiger partial charge >= 0.3 is 6.09 Å². The van der Waals surface area contributed by atoms with Crippen LogP contribution in [0.2, 0.25) is 5.02 Å². The minimum atomic E-state index is -0.502. The van der Waals surface area contributed by atoms with Gasteiger partial charge in [-0.3, -0.25) is 0 Å². The Morgan fingerprint density at radius 2 is 2.05 bits per heavy atom. The van der Waals surface area contributed by atoms with Gasteiger partial charge in [0.25, 0.3) is 0 Å². The van der Waals surface area contributed by atoms with Crippen LogP contribution >= 0.6 is 11.6 Å². The Bertz CT molecular complexity index is 483. The molecule has 6 heteroatoms. The van der Waals surface area contributed by atoms with Crippen LogP contribution in [0.1, 0.15) is 34.6 Å². The smallest absolute Gasteiger partial charge is 0.410 e. The number of rotatable bonds is 5. The number of hydrogen-bond acceptors (Lipinski definition) is 4. The quantitative estimate of drug-likeness (QED) is 0.886. The van der Waals surface area contributed by atoms with E-state index in [2.05, 4.69) is 24.1 Å². The van der Waals surface area contributed by atoms with Gasteiger partial charge in [0.15, 0.2) is 0 Å².